The van der Waals surface area contributed by atoms with Crippen LogP contribution in [0.2, 0.25) is 5.02 Å². The van der Waals surface area contributed by atoms with Crippen LogP contribution in [-0.4, -0.2) is 55.5 Å². The van der Waals surface area contributed by atoms with Gasteiger partial charge in [-0.1, -0.05) is 18.5 Å². The number of hydrogen-bond acceptors (Lipinski definition) is 5. The molecule has 1 fully saturated rings. The highest BCUT2D eigenvalue weighted by Gasteiger charge is 2.25. The number of hydrogen-bond donors (Lipinski definition) is 1. The normalized spacial score (nSPS) is 18.9. The van der Waals surface area contributed by atoms with Crippen LogP contribution in [0.5, 0.6) is 0 Å². The van der Waals surface area contributed by atoms with E-state index in [1.807, 2.05) is 6.07 Å². The summed E-state index contributed by atoms with van der Waals surface area (Å²) in [6.45, 7) is 4.29. The first-order valence-electron chi connectivity index (χ1n) is 7.54. The van der Waals surface area contributed by atoms with Crippen molar-refractivity contribution in [1.29, 1.82) is 0 Å². The lowest BCUT2D eigenvalue weighted by Crippen LogP contribution is -2.38. The molecule has 1 aromatic heterocycles. The Hall–Kier alpha value is -1.37. The third kappa shape index (κ3) is 3.88. The van der Waals surface area contributed by atoms with E-state index >= 15 is 0 Å². The molecule has 0 aliphatic carbocycles. The molecule has 1 amide bonds. The fourth-order valence-electron chi connectivity index (χ4n) is 2.73. The lowest BCUT2D eigenvalue weighted by Gasteiger charge is -2.33. The van der Waals surface area contributed by atoms with Crippen molar-refractivity contribution in [2.24, 2.45) is 0 Å². The van der Waals surface area contributed by atoms with Crippen molar-refractivity contribution in [3.63, 3.8) is 0 Å². The third-order valence-corrected chi connectivity index (χ3v) is 4.05. The molecule has 1 N–H and O–H groups in total. The lowest BCUT2D eigenvalue weighted by atomic mass is 10.1. The monoisotopic (exact) mass is 327 g/mol. The van der Waals surface area contributed by atoms with E-state index in [2.05, 4.69) is 16.8 Å². The predicted molar refractivity (Wildman–Crippen MR) is 86.6 cm³/mol. The number of carbonyl (C=O) groups excluding carboxylic acids is 1. The highest BCUT2D eigenvalue weighted by Crippen LogP contribution is 2.32. The maximum absolute atomic E-state index is 11.3. The molecule has 2 heterocycles. The Kier molecular flexibility index (Phi) is 6.42. The summed E-state index contributed by atoms with van der Waals surface area (Å²) >= 11 is 6.12. The number of rotatable bonds is 6. The van der Waals surface area contributed by atoms with Gasteiger partial charge in [-0.2, -0.15) is 0 Å². The largest absolute Gasteiger partial charge is 0.395 e. The van der Waals surface area contributed by atoms with E-state index in [4.69, 9.17) is 21.4 Å². The second-order valence-corrected chi connectivity index (χ2v) is 5.61. The zero-order chi connectivity index (χ0) is 15.9. The molecule has 1 aromatic rings. The number of ether oxygens (including phenoxy) is 1. The molecule has 0 saturated carbocycles. The van der Waals surface area contributed by atoms with Crippen LogP contribution >= 0.6 is 11.6 Å². The van der Waals surface area contributed by atoms with E-state index < -0.39 is 0 Å². The summed E-state index contributed by atoms with van der Waals surface area (Å²) in [6, 6.07) is 2.13. The van der Waals surface area contributed by atoms with E-state index in [-0.39, 0.29) is 13.2 Å². The van der Waals surface area contributed by atoms with Crippen LogP contribution in [0.1, 0.15) is 19.8 Å². The molecule has 0 bridgehead atoms. The Morgan fingerprint density at radius 3 is 3.09 bits per heavy atom. The van der Waals surface area contributed by atoms with E-state index in [0.717, 1.165) is 31.7 Å². The number of anilines is 2. The fourth-order valence-corrected chi connectivity index (χ4v) is 2.89. The minimum absolute atomic E-state index is 0.122. The summed E-state index contributed by atoms with van der Waals surface area (Å²) in [5.41, 5.74) is 0.811. The van der Waals surface area contributed by atoms with Crippen molar-refractivity contribution in [3.8, 4) is 0 Å². The molecule has 0 radical (unpaired) electrons. The first-order valence-corrected chi connectivity index (χ1v) is 7.91. The first kappa shape index (κ1) is 17.0. The number of pyridine rings is 1. The number of aliphatic hydroxyl groups is 1. The van der Waals surface area contributed by atoms with Crippen molar-refractivity contribution in [3.05, 3.63) is 17.3 Å². The SMILES string of the molecule is CCC1CCOCCN1c1cc(Cl)cnc1N(C=O)CCO. The van der Waals surface area contributed by atoms with E-state index in [1.165, 1.54) is 11.1 Å². The van der Waals surface area contributed by atoms with Crippen LogP contribution in [-0.2, 0) is 9.53 Å². The topological polar surface area (TPSA) is 65.9 Å². The minimum Gasteiger partial charge on any atom is -0.395 e. The molecule has 0 aromatic carbocycles. The highest BCUT2D eigenvalue weighted by atomic mass is 35.5. The van der Waals surface area contributed by atoms with Crippen molar-refractivity contribution in [2.45, 2.75) is 25.8 Å². The Morgan fingerprint density at radius 2 is 2.41 bits per heavy atom. The number of aliphatic hydroxyl groups excluding tert-OH is 1. The third-order valence-electron chi connectivity index (χ3n) is 3.85. The lowest BCUT2D eigenvalue weighted by molar-refractivity contribution is -0.107. The summed E-state index contributed by atoms with van der Waals surface area (Å²) in [7, 11) is 0. The quantitative estimate of drug-likeness (QED) is 0.806. The zero-order valence-electron chi connectivity index (χ0n) is 12.7. The number of amides is 1. The number of nitrogens with zero attached hydrogens (tertiary/aromatic N) is 3. The Morgan fingerprint density at radius 1 is 1.59 bits per heavy atom. The van der Waals surface area contributed by atoms with Gasteiger partial charge in [-0.3, -0.25) is 9.69 Å². The molecule has 0 spiro atoms. The molecule has 1 saturated heterocycles. The van der Waals surface area contributed by atoms with Crippen LogP contribution in [0.3, 0.4) is 0 Å². The van der Waals surface area contributed by atoms with Crippen LogP contribution in [0.4, 0.5) is 11.5 Å². The second kappa shape index (κ2) is 8.31. The first-order chi connectivity index (χ1) is 10.7. The predicted octanol–water partition coefficient (Wildman–Crippen LogP) is 1.70. The summed E-state index contributed by atoms with van der Waals surface area (Å²) in [4.78, 5) is 19.3. The van der Waals surface area contributed by atoms with Crippen molar-refractivity contribution in [2.75, 3.05) is 42.7 Å². The van der Waals surface area contributed by atoms with Crippen molar-refractivity contribution >= 4 is 29.5 Å². The van der Waals surface area contributed by atoms with Gasteiger partial charge in [0.2, 0.25) is 6.41 Å². The average Bonchev–Trinajstić information content (AvgIpc) is 2.78. The Balaban J connectivity index is 2.42. The molecule has 22 heavy (non-hydrogen) atoms. The molecule has 1 aliphatic heterocycles. The summed E-state index contributed by atoms with van der Waals surface area (Å²) in [5.74, 6) is 0.522. The van der Waals surface area contributed by atoms with Gasteiger partial charge < -0.3 is 14.7 Å². The molecule has 1 aliphatic rings. The fraction of sp³-hybridized carbons (Fsp3) is 0.600. The van der Waals surface area contributed by atoms with E-state index in [9.17, 15) is 4.79 Å². The maximum Gasteiger partial charge on any atom is 0.215 e. The van der Waals surface area contributed by atoms with Crippen molar-refractivity contribution in [1.82, 2.24) is 4.98 Å². The van der Waals surface area contributed by atoms with Crippen LogP contribution in [0, 0.1) is 0 Å². The van der Waals surface area contributed by atoms with Gasteiger partial charge in [0.1, 0.15) is 0 Å². The van der Waals surface area contributed by atoms with Gasteiger partial charge in [-0.15, -0.1) is 0 Å². The summed E-state index contributed by atoms with van der Waals surface area (Å²) < 4.78 is 5.56. The molecule has 1 atom stereocenters. The van der Waals surface area contributed by atoms with Gasteiger partial charge in [-0.05, 0) is 18.9 Å². The zero-order valence-corrected chi connectivity index (χ0v) is 13.5. The molecular weight excluding hydrogens is 306 g/mol. The van der Waals surface area contributed by atoms with Gasteiger partial charge >= 0.3 is 0 Å². The molecular formula is C15H22ClN3O3. The standard InChI is InChI=1S/C15H22ClN3O3/c1-2-13-3-7-22-8-5-19(13)14-9-12(16)10-17-15(14)18(11-21)4-6-20/h9-11,13,20H,2-8H2,1H3. The van der Waals surface area contributed by atoms with Crippen LogP contribution in [0.15, 0.2) is 12.3 Å². The van der Waals surface area contributed by atoms with Crippen molar-refractivity contribution < 1.29 is 14.6 Å². The molecule has 1 unspecified atom stereocenters. The van der Waals surface area contributed by atoms with Gasteiger partial charge in [0.15, 0.2) is 5.82 Å². The minimum atomic E-state index is -0.122. The second-order valence-electron chi connectivity index (χ2n) is 5.18. The van der Waals surface area contributed by atoms with Crippen LogP contribution in [0.25, 0.3) is 0 Å². The molecule has 7 heteroatoms. The molecule has 2 rings (SSSR count). The maximum atomic E-state index is 11.3. The number of aromatic nitrogens is 1. The van der Waals surface area contributed by atoms with E-state index in [1.54, 1.807) is 0 Å². The molecule has 6 nitrogen and oxygen atoms in total. The molecule has 122 valence electrons. The van der Waals surface area contributed by atoms with Gasteiger partial charge in [-0.25, -0.2) is 4.98 Å². The van der Waals surface area contributed by atoms with E-state index in [0.29, 0.717) is 29.9 Å². The summed E-state index contributed by atoms with van der Waals surface area (Å²) in [5, 5.41) is 9.66. The Labute approximate surface area is 135 Å². The van der Waals surface area contributed by atoms with Gasteiger partial charge in [0.05, 0.1) is 30.5 Å². The number of halogens is 1. The summed E-state index contributed by atoms with van der Waals surface area (Å²) in [6.07, 6.45) is 4.09. The smallest absolute Gasteiger partial charge is 0.215 e. The highest BCUT2D eigenvalue weighted by molar-refractivity contribution is 6.30. The van der Waals surface area contributed by atoms with Crippen LogP contribution < -0.4 is 9.80 Å². The number of carbonyl (C=O) groups is 1. The average molecular weight is 328 g/mol. The van der Waals surface area contributed by atoms with Gasteiger partial charge in [0.25, 0.3) is 0 Å². The Bertz CT molecular complexity index is 501. The van der Waals surface area contributed by atoms with Gasteiger partial charge in [0, 0.05) is 25.4 Å².